The highest BCUT2D eigenvalue weighted by atomic mass is 19.3. The molecule has 1 rings (SSSR count). The lowest BCUT2D eigenvalue weighted by atomic mass is 10.1. The minimum atomic E-state index is -2.78. The van der Waals surface area contributed by atoms with Crippen molar-refractivity contribution in [2.45, 2.75) is 13.0 Å². The molecule has 0 spiro atoms. The Morgan fingerprint density at radius 2 is 2.18 bits per heavy atom. The fourth-order valence-electron chi connectivity index (χ4n) is 1.42. The van der Waals surface area contributed by atoms with Gasteiger partial charge in [0.2, 0.25) is 0 Å². The highest BCUT2D eigenvalue weighted by molar-refractivity contribution is 5.92. The van der Waals surface area contributed by atoms with Gasteiger partial charge in [-0.05, 0) is 0 Å². The summed E-state index contributed by atoms with van der Waals surface area (Å²) in [5.74, 6) is -0.741. The number of halogens is 2. The molecule has 2 N–H and O–H groups in total. The maximum atomic E-state index is 12.7. The predicted molar refractivity (Wildman–Crippen MR) is 55.0 cm³/mol. The zero-order chi connectivity index (χ0) is 13.0. The zero-order valence-corrected chi connectivity index (χ0v) is 9.37. The topological polar surface area (TPSA) is 74.4 Å². The molecule has 0 saturated heterocycles. The molecule has 0 aliphatic rings. The number of hydrogen-bond acceptors (Lipinski definition) is 5. The second kappa shape index (κ2) is 5.53. The molecule has 0 amide bonds. The minimum absolute atomic E-state index is 0.00500. The zero-order valence-electron chi connectivity index (χ0n) is 9.37. The summed E-state index contributed by atoms with van der Waals surface area (Å²) < 4.78 is 34.7. The second-order valence-corrected chi connectivity index (χ2v) is 3.07. The van der Waals surface area contributed by atoms with Crippen molar-refractivity contribution in [3.63, 3.8) is 0 Å². The molecule has 0 bridgehead atoms. The molecule has 17 heavy (non-hydrogen) atoms. The van der Waals surface area contributed by atoms with Crippen LogP contribution < -0.4 is 10.5 Å². The number of carbonyl (C=O) groups excluding carboxylic acids is 1. The number of rotatable bonds is 4. The summed E-state index contributed by atoms with van der Waals surface area (Å²) in [5, 5.41) is 0. The Morgan fingerprint density at radius 3 is 2.59 bits per heavy atom. The molecule has 0 fully saturated rings. The number of hydrogen-bond donors (Lipinski definition) is 1. The third kappa shape index (κ3) is 2.50. The average Bonchev–Trinajstić information content (AvgIpc) is 2.35. The van der Waals surface area contributed by atoms with E-state index >= 15 is 0 Å². The van der Waals surface area contributed by atoms with Crippen LogP contribution in [0.25, 0.3) is 0 Å². The molecule has 0 aliphatic heterocycles. The fourth-order valence-corrected chi connectivity index (χ4v) is 1.42. The number of alkyl halides is 2. The van der Waals surface area contributed by atoms with E-state index in [0.717, 1.165) is 6.20 Å². The van der Waals surface area contributed by atoms with Gasteiger partial charge in [0.1, 0.15) is 17.0 Å². The number of nitrogens with zero attached hydrogens (tertiary/aromatic N) is 1. The number of aromatic nitrogens is 1. The van der Waals surface area contributed by atoms with Crippen molar-refractivity contribution in [2.24, 2.45) is 5.73 Å². The Morgan fingerprint density at radius 1 is 1.53 bits per heavy atom. The predicted octanol–water partition coefficient (Wildman–Crippen LogP) is 1.27. The summed E-state index contributed by atoms with van der Waals surface area (Å²) in [5.41, 5.74) is 4.86. The van der Waals surface area contributed by atoms with Crippen LogP contribution in [0.15, 0.2) is 6.20 Å². The first-order valence-electron chi connectivity index (χ1n) is 4.69. The van der Waals surface area contributed by atoms with Crippen LogP contribution >= 0.6 is 0 Å². The van der Waals surface area contributed by atoms with Gasteiger partial charge >= 0.3 is 5.97 Å². The van der Waals surface area contributed by atoms with Crippen LogP contribution in [0.1, 0.15) is 28.0 Å². The van der Waals surface area contributed by atoms with Gasteiger partial charge in [-0.1, -0.05) is 0 Å². The lowest BCUT2D eigenvalue weighted by Gasteiger charge is -2.14. The smallest absolute Gasteiger partial charge is 0.343 e. The van der Waals surface area contributed by atoms with E-state index in [-0.39, 0.29) is 23.4 Å². The highest BCUT2D eigenvalue weighted by Gasteiger charge is 2.23. The fraction of sp³-hybridized carbons (Fsp3) is 0.400. The molecule has 0 aliphatic carbocycles. The largest absolute Gasteiger partial charge is 0.495 e. The van der Waals surface area contributed by atoms with Crippen molar-refractivity contribution in [2.75, 3.05) is 14.2 Å². The molecule has 1 aromatic rings. The highest BCUT2D eigenvalue weighted by Crippen LogP contribution is 2.31. The standard InChI is InChI=1S/C10H12F2N2O3/c1-16-8-5(3-13)7(9(11)12)14-4-6(8)10(15)17-2/h4,9H,3,13H2,1-2H3. The van der Waals surface area contributed by atoms with Gasteiger partial charge < -0.3 is 15.2 Å². The monoisotopic (exact) mass is 246 g/mol. The van der Waals surface area contributed by atoms with Crippen LogP contribution in [-0.4, -0.2) is 25.2 Å². The third-order valence-corrected chi connectivity index (χ3v) is 2.18. The summed E-state index contributed by atoms with van der Waals surface area (Å²) in [6.45, 7) is -0.208. The van der Waals surface area contributed by atoms with E-state index in [1.54, 1.807) is 0 Å². The van der Waals surface area contributed by atoms with Crippen molar-refractivity contribution in [1.29, 1.82) is 0 Å². The number of carbonyl (C=O) groups is 1. The first-order chi connectivity index (χ1) is 8.06. The van der Waals surface area contributed by atoms with Gasteiger partial charge in [-0.15, -0.1) is 0 Å². The van der Waals surface area contributed by atoms with Crippen LogP contribution in [0.3, 0.4) is 0 Å². The number of methoxy groups -OCH3 is 2. The summed E-state index contributed by atoms with van der Waals surface area (Å²) in [6.07, 6.45) is -1.79. The molecular formula is C10H12F2N2O3. The summed E-state index contributed by atoms with van der Waals surface area (Å²) in [4.78, 5) is 14.9. The molecule has 5 nitrogen and oxygen atoms in total. The first-order valence-corrected chi connectivity index (χ1v) is 4.69. The van der Waals surface area contributed by atoms with E-state index in [0.29, 0.717) is 0 Å². The Balaban J connectivity index is 3.42. The molecule has 94 valence electrons. The average molecular weight is 246 g/mol. The number of pyridine rings is 1. The van der Waals surface area contributed by atoms with Gasteiger partial charge in [-0.25, -0.2) is 13.6 Å². The third-order valence-electron chi connectivity index (χ3n) is 2.18. The Labute approximate surface area is 96.5 Å². The molecule has 0 atom stereocenters. The second-order valence-electron chi connectivity index (χ2n) is 3.07. The van der Waals surface area contributed by atoms with Gasteiger partial charge in [-0.3, -0.25) is 4.98 Å². The lowest BCUT2D eigenvalue weighted by molar-refractivity contribution is 0.0595. The first kappa shape index (κ1) is 13.3. The minimum Gasteiger partial charge on any atom is -0.495 e. The molecule has 0 aromatic carbocycles. The quantitative estimate of drug-likeness (QED) is 0.810. The molecule has 0 radical (unpaired) electrons. The summed E-state index contributed by atoms with van der Waals surface area (Å²) in [7, 11) is 2.43. The van der Waals surface area contributed by atoms with Gasteiger partial charge in [-0.2, -0.15) is 0 Å². The Bertz CT molecular complexity index is 424. The van der Waals surface area contributed by atoms with E-state index in [1.165, 1.54) is 14.2 Å². The van der Waals surface area contributed by atoms with Gasteiger partial charge in [0, 0.05) is 18.3 Å². The number of esters is 1. The maximum Gasteiger partial charge on any atom is 0.343 e. The number of ether oxygens (including phenoxy) is 2. The van der Waals surface area contributed by atoms with E-state index in [1.807, 2.05) is 0 Å². The van der Waals surface area contributed by atoms with E-state index in [4.69, 9.17) is 10.5 Å². The molecule has 1 heterocycles. The maximum absolute atomic E-state index is 12.7. The van der Waals surface area contributed by atoms with E-state index < -0.39 is 18.1 Å². The number of nitrogens with two attached hydrogens (primary N) is 1. The van der Waals surface area contributed by atoms with Gasteiger partial charge in [0.15, 0.2) is 0 Å². The van der Waals surface area contributed by atoms with Crippen molar-refractivity contribution in [3.05, 3.63) is 23.0 Å². The molecule has 0 saturated carbocycles. The molecular weight excluding hydrogens is 234 g/mol. The summed E-state index contributed by atoms with van der Waals surface area (Å²) in [6, 6.07) is 0. The SMILES string of the molecule is COC(=O)c1cnc(C(F)F)c(CN)c1OC. The van der Waals surface area contributed by atoms with Crippen molar-refractivity contribution in [1.82, 2.24) is 4.98 Å². The van der Waals surface area contributed by atoms with Crippen LogP contribution in [-0.2, 0) is 11.3 Å². The van der Waals surface area contributed by atoms with Crippen molar-refractivity contribution >= 4 is 5.97 Å². The van der Waals surface area contributed by atoms with Gasteiger partial charge in [0.25, 0.3) is 6.43 Å². The summed E-state index contributed by atoms with van der Waals surface area (Å²) >= 11 is 0. The van der Waals surface area contributed by atoms with Crippen LogP contribution in [0, 0.1) is 0 Å². The van der Waals surface area contributed by atoms with Crippen LogP contribution in [0.2, 0.25) is 0 Å². The molecule has 7 heteroatoms. The van der Waals surface area contributed by atoms with Crippen LogP contribution in [0.4, 0.5) is 8.78 Å². The Hall–Kier alpha value is -1.76. The molecule has 0 unspecified atom stereocenters. The van der Waals surface area contributed by atoms with Crippen molar-refractivity contribution in [3.8, 4) is 5.75 Å². The van der Waals surface area contributed by atoms with E-state index in [2.05, 4.69) is 9.72 Å². The van der Waals surface area contributed by atoms with Crippen LogP contribution in [0.5, 0.6) is 5.75 Å². The van der Waals surface area contributed by atoms with Crippen molar-refractivity contribution < 1.29 is 23.0 Å². The lowest BCUT2D eigenvalue weighted by Crippen LogP contribution is -2.12. The normalized spacial score (nSPS) is 10.5. The Kier molecular flexibility index (Phi) is 4.33. The van der Waals surface area contributed by atoms with E-state index in [9.17, 15) is 13.6 Å². The molecule has 1 aromatic heterocycles. The van der Waals surface area contributed by atoms with Gasteiger partial charge in [0.05, 0.1) is 14.2 Å².